The Morgan fingerprint density at radius 2 is 2.47 bits per heavy atom. The molecule has 1 heterocycles. The zero-order chi connectivity index (χ0) is 10.8. The highest BCUT2D eigenvalue weighted by Gasteiger charge is 2.33. The van der Waals surface area contributed by atoms with Gasteiger partial charge < -0.3 is 10.6 Å². The Hall–Kier alpha value is -0.870. The molecule has 1 aromatic heterocycles. The van der Waals surface area contributed by atoms with Crippen LogP contribution in [0.4, 0.5) is 0 Å². The standard InChI is InChI=1S/C11H16N2OS/c1-8(12)11(14)13(9-4-5-9)7-10-3-2-6-15-10/h2-3,6,8-9H,4-5,7,12H2,1H3/t8-/m0/s1. The van der Waals surface area contributed by atoms with E-state index in [9.17, 15) is 4.79 Å². The quantitative estimate of drug-likeness (QED) is 0.844. The molecule has 1 aliphatic carbocycles. The van der Waals surface area contributed by atoms with Gasteiger partial charge in [-0.2, -0.15) is 0 Å². The van der Waals surface area contributed by atoms with E-state index in [0.29, 0.717) is 6.04 Å². The van der Waals surface area contributed by atoms with Gasteiger partial charge in [0.25, 0.3) is 0 Å². The van der Waals surface area contributed by atoms with Gasteiger partial charge in [-0.15, -0.1) is 11.3 Å². The molecule has 0 bridgehead atoms. The van der Waals surface area contributed by atoms with Crippen LogP contribution in [-0.4, -0.2) is 22.9 Å². The van der Waals surface area contributed by atoms with Crippen molar-refractivity contribution < 1.29 is 4.79 Å². The van der Waals surface area contributed by atoms with Gasteiger partial charge in [0.05, 0.1) is 12.6 Å². The van der Waals surface area contributed by atoms with Crippen molar-refractivity contribution in [3.8, 4) is 0 Å². The lowest BCUT2D eigenvalue weighted by atomic mass is 10.3. The van der Waals surface area contributed by atoms with Gasteiger partial charge in [0.2, 0.25) is 5.91 Å². The summed E-state index contributed by atoms with van der Waals surface area (Å²) >= 11 is 1.69. The lowest BCUT2D eigenvalue weighted by Crippen LogP contribution is -2.42. The Kier molecular flexibility index (Phi) is 3.07. The van der Waals surface area contributed by atoms with Crippen LogP contribution in [0, 0.1) is 0 Å². The number of hydrogen-bond acceptors (Lipinski definition) is 3. The molecule has 1 aromatic rings. The molecule has 0 aliphatic heterocycles. The van der Waals surface area contributed by atoms with Crippen LogP contribution in [0.3, 0.4) is 0 Å². The van der Waals surface area contributed by atoms with Crippen molar-refractivity contribution in [2.75, 3.05) is 0 Å². The van der Waals surface area contributed by atoms with E-state index < -0.39 is 0 Å². The fourth-order valence-corrected chi connectivity index (χ4v) is 2.31. The van der Waals surface area contributed by atoms with E-state index in [1.54, 1.807) is 18.3 Å². The topological polar surface area (TPSA) is 46.3 Å². The Balaban J connectivity index is 2.03. The average molecular weight is 224 g/mol. The van der Waals surface area contributed by atoms with E-state index >= 15 is 0 Å². The van der Waals surface area contributed by atoms with Gasteiger partial charge in [-0.1, -0.05) is 6.07 Å². The Labute approximate surface area is 93.9 Å². The van der Waals surface area contributed by atoms with Crippen molar-refractivity contribution >= 4 is 17.2 Å². The first-order valence-electron chi connectivity index (χ1n) is 5.27. The summed E-state index contributed by atoms with van der Waals surface area (Å²) in [7, 11) is 0. The number of amides is 1. The summed E-state index contributed by atoms with van der Waals surface area (Å²) in [5, 5.41) is 2.04. The lowest BCUT2D eigenvalue weighted by Gasteiger charge is -2.23. The van der Waals surface area contributed by atoms with Crippen molar-refractivity contribution in [3.05, 3.63) is 22.4 Å². The van der Waals surface area contributed by atoms with Crippen LogP contribution in [-0.2, 0) is 11.3 Å². The number of nitrogens with two attached hydrogens (primary N) is 1. The molecule has 1 atom stereocenters. The Bertz CT molecular complexity index is 330. The van der Waals surface area contributed by atoms with Gasteiger partial charge in [-0.3, -0.25) is 4.79 Å². The first kappa shape index (κ1) is 10.6. The first-order chi connectivity index (χ1) is 7.18. The highest BCUT2D eigenvalue weighted by Crippen LogP contribution is 2.29. The summed E-state index contributed by atoms with van der Waals surface area (Å²) in [6, 6.07) is 4.13. The molecular formula is C11H16N2OS. The number of thiophene rings is 1. The van der Waals surface area contributed by atoms with Crippen LogP contribution >= 0.6 is 11.3 Å². The normalized spacial score (nSPS) is 17.5. The third kappa shape index (κ3) is 2.58. The van der Waals surface area contributed by atoms with E-state index in [1.165, 1.54) is 4.88 Å². The third-order valence-electron chi connectivity index (χ3n) is 2.57. The molecule has 1 aliphatic rings. The van der Waals surface area contributed by atoms with Crippen molar-refractivity contribution in [2.45, 2.75) is 38.4 Å². The van der Waals surface area contributed by atoms with Crippen molar-refractivity contribution in [1.82, 2.24) is 4.90 Å². The van der Waals surface area contributed by atoms with Crippen molar-refractivity contribution in [1.29, 1.82) is 0 Å². The van der Waals surface area contributed by atoms with Gasteiger partial charge in [0.1, 0.15) is 0 Å². The SMILES string of the molecule is C[C@H](N)C(=O)N(Cc1cccs1)C1CC1. The number of rotatable bonds is 4. The zero-order valence-electron chi connectivity index (χ0n) is 8.85. The van der Waals surface area contributed by atoms with Crippen LogP contribution < -0.4 is 5.73 Å². The fraction of sp³-hybridized carbons (Fsp3) is 0.545. The summed E-state index contributed by atoms with van der Waals surface area (Å²) < 4.78 is 0. The highest BCUT2D eigenvalue weighted by molar-refractivity contribution is 7.09. The number of hydrogen-bond donors (Lipinski definition) is 1. The fourth-order valence-electron chi connectivity index (χ4n) is 1.61. The second-order valence-electron chi connectivity index (χ2n) is 4.07. The van der Waals surface area contributed by atoms with Gasteiger partial charge in [0, 0.05) is 10.9 Å². The van der Waals surface area contributed by atoms with Crippen molar-refractivity contribution in [2.24, 2.45) is 5.73 Å². The molecule has 0 aromatic carbocycles. The molecule has 2 N–H and O–H groups in total. The molecule has 1 amide bonds. The predicted octanol–water partition coefficient (Wildman–Crippen LogP) is 1.59. The molecule has 0 spiro atoms. The molecular weight excluding hydrogens is 208 g/mol. The molecule has 82 valence electrons. The molecule has 1 saturated carbocycles. The lowest BCUT2D eigenvalue weighted by molar-refractivity contribution is -0.133. The predicted molar refractivity (Wildman–Crippen MR) is 61.5 cm³/mol. The highest BCUT2D eigenvalue weighted by atomic mass is 32.1. The summed E-state index contributed by atoms with van der Waals surface area (Å²) in [5.74, 6) is 0.0749. The largest absolute Gasteiger partial charge is 0.333 e. The molecule has 0 radical (unpaired) electrons. The van der Waals surface area contributed by atoms with Crippen LogP contribution in [0.15, 0.2) is 17.5 Å². The third-order valence-corrected chi connectivity index (χ3v) is 3.43. The first-order valence-corrected chi connectivity index (χ1v) is 6.15. The van der Waals surface area contributed by atoms with E-state index in [2.05, 4.69) is 6.07 Å². The molecule has 2 rings (SSSR count). The minimum Gasteiger partial charge on any atom is -0.333 e. The maximum absolute atomic E-state index is 11.9. The molecule has 15 heavy (non-hydrogen) atoms. The average Bonchev–Trinajstić information content (AvgIpc) is 2.92. The van der Waals surface area contributed by atoms with Crippen LogP contribution in [0.2, 0.25) is 0 Å². The summed E-state index contributed by atoms with van der Waals surface area (Å²) in [6.07, 6.45) is 2.26. The molecule has 1 fully saturated rings. The van der Waals surface area contributed by atoms with Crippen molar-refractivity contribution in [3.63, 3.8) is 0 Å². The smallest absolute Gasteiger partial charge is 0.239 e. The minimum atomic E-state index is -0.384. The number of carbonyl (C=O) groups excluding carboxylic acids is 1. The van der Waals surface area contributed by atoms with Crippen LogP contribution in [0.5, 0.6) is 0 Å². The monoisotopic (exact) mass is 224 g/mol. The van der Waals surface area contributed by atoms with Gasteiger partial charge in [-0.25, -0.2) is 0 Å². The number of nitrogens with zero attached hydrogens (tertiary/aromatic N) is 1. The second kappa shape index (κ2) is 4.33. The van der Waals surface area contributed by atoms with E-state index in [-0.39, 0.29) is 11.9 Å². The summed E-state index contributed by atoms with van der Waals surface area (Å²) in [5.41, 5.74) is 5.64. The van der Waals surface area contributed by atoms with E-state index in [4.69, 9.17) is 5.73 Å². The molecule has 3 nitrogen and oxygen atoms in total. The number of carbonyl (C=O) groups is 1. The van der Waals surface area contributed by atoms with E-state index in [0.717, 1.165) is 19.4 Å². The van der Waals surface area contributed by atoms with Gasteiger partial charge in [-0.05, 0) is 31.2 Å². The molecule has 0 unspecified atom stereocenters. The summed E-state index contributed by atoms with van der Waals surface area (Å²) in [4.78, 5) is 15.0. The second-order valence-corrected chi connectivity index (χ2v) is 5.10. The molecule has 4 heteroatoms. The summed E-state index contributed by atoms with van der Waals surface area (Å²) in [6.45, 7) is 2.48. The molecule has 0 saturated heterocycles. The van der Waals surface area contributed by atoms with E-state index in [1.807, 2.05) is 16.3 Å². The van der Waals surface area contributed by atoms with Crippen LogP contribution in [0.25, 0.3) is 0 Å². The Morgan fingerprint density at radius 1 is 1.73 bits per heavy atom. The minimum absolute atomic E-state index is 0.0749. The maximum atomic E-state index is 11.9. The van der Waals surface area contributed by atoms with Crippen LogP contribution in [0.1, 0.15) is 24.6 Å². The zero-order valence-corrected chi connectivity index (χ0v) is 9.67. The maximum Gasteiger partial charge on any atom is 0.239 e. The van der Waals surface area contributed by atoms with Gasteiger partial charge in [0.15, 0.2) is 0 Å². The van der Waals surface area contributed by atoms with Gasteiger partial charge >= 0.3 is 0 Å². The Morgan fingerprint density at radius 3 is 2.93 bits per heavy atom.